The molecule has 0 aliphatic rings. The number of nitrogens with two attached hydrogens (primary N) is 1. The molecule has 3 N–H and O–H groups in total. The quantitative estimate of drug-likeness (QED) is 0.813. The van der Waals surface area contributed by atoms with Gasteiger partial charge in [-0.25, -0.2) is 0 Å². The van der Waals surface area contributed by atoms with E-state index in [0.29, 0.717) is 18.0 Å². The number of rotatable bonds is 4. The molecule has 0 aliphatic heterocycles. The molecule has 0 aromatic carbocycles. The lowest BCUT2D eigenvalue weighted by atomic mass is 10.0. The lowest BCUT2D eigenvalue weighted by Gasteiger charge is -2.13. The molecule has 1 amide bonds. The molecule has 0 radical (unpaired) electrons. The van der Waals surface area contributed by atoms with Crippen LogP contribution in [0.3, 0.4) is 0 Å². The van der Waals surface area contributed by atoms with Crippen LogP contribution in [0.25, 0.3) is 0 Å². The number of aromatic nitrogens is 1. The number of hydrogen-bond donors (Lipinski definition) is 2. The number of anilines is 1. The Morgan fingerprint density at radius 1 is 1.50 bits per heavy atom. The molecule has 1 heterocycles. The van der Waals surface area contributed by atoms with Crippen molar-refractivity contribution >= 4 is 11.6 Å². The molecule has 1 aromatic heterocycles. The molecule has 0 saturated heterocycles. The highest BCUT2D eigenvalue weighted by atomic mass is 16.2. The number of nitrogens with zero attached hydrogens (tertiary/aromatic N) is 1. The van der Waals surface area contributed by atoms with Crippen molar-refractivity contribution in [3.63, 3.8) is 0 Å². The van der Waals surface area contributed by atoms with E-state index >= 15 is 0 Å². The summed E-state index contributed by atoms with van der Waals surface area (Å²) >= 11 is 0. The number of carbonyl (C=O) groups excluding carboxylic acids is 1. The number of aryl methyl sites for hydroxylation is 1. The average molecular weight is 221 g/mol. The minimum atomic E-state index is -0.457. The normalized spacial score (nSPS) is 12.6. The highest BCUT2D eigenvalue weighted by Crippen LogP contribution is 2.08. The molecule has 16 heavy (non-hydrogen) atoms. The van der Waals surface area contributed by atoms with Gasteiger partial charge in [-0.1, -0.05) is 13.8 Å². The van der Waals surface area contributed by atoms with E-state index in [1.807, 2.05) is 32.9 Å². The van der Waals surface area contributed by atoms with E-state index in [1.54, 1.807) is 6.20 Å². The topological polar surface area (TPSA) is 68.0 Å². The fraction of sp³-hybridized carbons (Fsp3) is 0.500. The molecule has 88 valence electrons. The van der Waals surface area contributed by atoms with Crippen molar-refractivity contribution in [2.75, 3.05) is 5.32 Å². The molecule has 4 nitrogen and oxygen atoms in total. The Labute approximate surface area is 96.3 Å². The van der Waals surface area contributed by atoms with E-state index in [-0.39, 0.29) is 5.91 Å². The summed E-state index contributed by atoms with van der Waals surface area (Å²) in [6, 6.07) is 3.22. The monoisotopic (exact) mass is 221 g/mol. The third kappa shape index (κ3) is 3.98. The summed E-state index contributed by atoms with van der Waals surface area (Å²) in [5.41, 5.74) is 7.37. The van der Waals surface area contributed by atoms with Crippen molar-refractivity contribution in [3.8, 4) is 0 Å². The molecule has 1 rings (SSSR count). The van der Waals surface area contributed by atoms with Gasteiger partial charge in [0.15, 0.2) is 0 Å². The fourth-order valence-electron chi connectivity index (χ4n) is 1.39. The molecule has 0 saturated carbocycles. The van der Waals surface area contributed by atoms with Crippen LogP contribution < -0.4 is 11.1 Å². The van der Waals surface area contributed by atoms with E-state index in [1.165, 1.54) is 0 Å². The van der Waals surface area contributed by atoms with Gasteiger partial charge in [0.25, 0.3) is 0 Å². The third-order valence-electron chi connectivity index (χ3n) is 2.24. The van der Waals surface area contributed by atoms with Crippen LogP contribution in [0.1, 0.15) is 26.0 Å². The molecule has 0 bridgehead atoms. The predicted octanol–water partition coefficient (Wildman–Crippen LogP) is 1.70. The Morgan fingerprint density at radius 3 is 2.69 bits per heavy atom. The van der Waals surface area contributed by atoms with Gasteiger partial charge in [0, 0.05) is 5.69 Å². The maximum Gasteiger partial charge on any atom is 0.241 e. The second-order valence-corrected chi connectivity index (χ2v) is 4.41. The molecule has 1 aromatic rings. The second kappa shape index (κ2) is 5.61. The molecular weight excluding hydrogens is 202 g/mol. The molecule has 1 atom stereocenters. The van der Waals surface area contributed by atoms with Crippen LogP contribution in [0.15, 0.2) is 18.3 Å². The first kappa shape index (κ1) is 12.6. The summed E-state index contributed by atoms with van der Waals surface area (Å²) in [6.45, 7) is 5.98. The fourth-order valence-corrected chi connectivity index (χ4v) is 1.39. The number of nitrogens with one attached hydrogen (secondary N) is 1. The highest BCUT2D eigenvalue weighted by molar-refractivity contribution is 5.94. The van der Waals surface area contributed by atoms with Gasteiger partial charge < -0.3 is 11.1 Å². The van der Waals surface area contributed by atoms with Gasteiger partial charge in [0.1, 0.15) is 0 Å². The number of hydrogen-bond acceptors (Lipinski definition) is 3. The SMILES string of the molecule is Cc1ccc(NC(=O)[C@H](N)CC(C)C)cn1. The van der Waals surface area contributed by atoms with Crippen molar-refractivity contribution in [2.45, 2.75) is 33.2 Å². The molecule has 4 heteroatoms. The number of pyridine rings is 1. The predicted molar refractivity (Wildman–Crippen MR) is 65.0 cm³/mol. The minimum absolute atomic E-state index is 0.153. The first-order valence-electron chi connectivity index (χ1n) is 5.48. The van der Waals surface area contributed by atoms with E-state index in [2.05, 4.69) is 10.3 Å². The largest absolute Gasteiger partial charge is 0.323 e. The Morgan fingerprint density at radius 2 is 2.19 bits per heavy atom. The molecular formula is C12H19N3O. The summed E-state index contributed by atoms with van der Waals surface area (Å²) in [7, 11) is 0. The zero-order chi connectivity index (χ0) is 12.1. The van der Waals surface area contributed by atoms with Crippen LogP contribution in [0.2, 0.25) is 0 Å². The summed E-state index contributed by atoms with van der Waals surface area (Å²) in [4.78, 5) is 15.8. The molecule has 0 fully saturated rings. The van der Waals surface area contributed by atoms with Crippen LogP contribution >= 0.6 is 0 Å². The maximum absolute atomic E-state index is 11.7. The van der Waals surface area contributed by atoms with Gasteiger partial charge >= 0.3 is 0 Å². The van der Waals surface area contributed by atoms with E-state index in [0.717, 1.165) is 5.69 Å². The Kier molecular flexibility index (Phi) is 4.43. The summed E-state index contributed by atoms with van der Waals surface area (Å²) in [5.74, 6) is 0.260. The van der Waals surface area contributed by atoms with Crippen molar-refractivity contribution in [1.82, 2.24) is 4.98 Å². The number of amides is 1. The number of carbonyl (C=O) groups is 1. The Balaban J connectivity index is 2.54. The highest BCUT2D eigenvalue weighted by Gasteiger charge is 2.14. The van der Waals surface area contributed by atoms with E-state index in [9.17, 15) is 4.79 Å². The summed E-state index contributed by atoms with van der Waals surface area (Å²) < 4.78 is 0. The van der Waals surface area contributed by atoms with Crippen LogP contribution in [-0.4, -0.2) is 16.9 Å². The van der Waals surface area contributed by atoms with Gasteiger partial charge in [-0.05, 0) is 31.4 Å². The smallest absolute Gasteiger partial charge is 0.241 e. The minimum Gasteiger partial charge on any atom is -0.323 e. The van der Waals surface area contributed by atoms with Crippen molar-refractivity contribution < 1.29 is 4.79 Å². The van der Waals surface area contributed by atoms with Gasteiger partial charge in [-0.3, -0.25) is 9.78 Å². The average Bonchev–Trinajstić information content (AvgIpc) is 2.20. The zero-order valence-electron chi connectivity index (χ0n) is 10.0. The second-order valence-electron chi connectivity index (χ2n) is 4.41. The zero-order valence-corrected chi connectivity index (χ0v) is 10.0. The standard InChI is InChI=1S/C12H19N3O/c1-8(2)6-11(13)12(16)15-10-5-4-9(3)14-7-10/h4-5,7-8,11H,6,13H2,1-3H3,(H,15,16)/t11-/m1/s1. The van der Waals surface area contributed by atoms with Crippen LogP contribution in [0.5, 0.6) is 0 Å². The maximum atomic E-state index is 11.7. The van der Waals surface area contributed by atoms with Crippen LogP contribution in [-0.2, 0) is 4.79 Å². The molecule has 0 unspecified atom stereocenters. The van der Waals surface area contributed by atoms with Crippen LogP contribution in [0.4, 0.5) is 5.69 Å². The Hall–Kier alpha value is -1.42. The molecule has 0 spiro atoms. The van der Waals surface area contributed by atoms with Crippen molar-refractivity contribution in [1.29, 1.82) is 0 Å². The third-order valence-corrected chi connectivity index (χ3v) is 2.24. The van der Waals surface area contributed by atoms with E-state index in [4.69, 9.17) is 5.73 Å². The van der Waals surface area contributed by atoms with Gasteiger partial charge in [0.05, 0.1) is 17.9 Å². The van der Waals surface area contributed by atoms with E-state index < -0.39 is 6.04 Å². The lowest BCUT2D eigenvalue weighted by Crippen LogP contribution is -2.36. The molecule has 0 aliphatic carbocycles. The first-order valence-corrected chi connectivity index (χ1v) is 5.48. The first-order chi connectivity index (χ1) is 7.49. The van der Waals surface area contributed by atoms with Gasteiger partial charge in [0.2, 0.25) is 5.91 Å². The lowest BCUT2D eigenvalue weighted by molar-refractivity contribution is -0.117. The van der Waals surface area contributed by atoms with Gasteiger partial charge in [-0.2, -0.15) is 0 Å². The summed E-state index contributed by atoms with van der Waals surface area (Å²) in [5, 5.41) is 2.75. The van der Waals surface area contributed by atoms with Crippen molar-refractivity contribution in [3.05, 3.63) is 24.0 Å². The van der Waals surface area contributed by atoms with Crippen molar-refractivity contribution in [2.24, 2.45) is 11.7 Å². The Bertz CT molecular complexity index is 346. The summed E-state index contributed by atoms with van der Waals surface area (Å²) in [6.07, 6.45) is 2.32. The van der Waals surface area contributed by atoms with Crippen LogP contribution in [0, 0.1) is 12.8 Å². The van der Waals surface area contributed by atoms with Gasteiger partial charge in [-0.15, -0.1) is 0 Å².